The summed E-state index contributed by atoms with van der Waals surface area (Å²) < 4.78 is 0. The minimum absolute atomic E-state index is 0. The fourth-order valence-corrected chi connectivity index (χ4v) is 4.54. The molecule has 1 aliphatic heterocycles. The van der Waals surface area contributed by atoms with Gasteiger partial charge in [0, 0.05) is 35.4 Å². The molecular weight excluding hydrogens is 311 g/mol. The van der Waals surface area contributed by atoms with Gasteiger partial charge in [0.25, 0.3) is 0 Å². The Labute approximate surface area is 138 Å². The predicted octanol–water partition coefficient (Wildman–Crippen LogP) is 4.17. The maximum absolute atomic E-state index is 5.96. The minimum atomic E-state index is 0. The maximum atomic E-state index is 5.96. The van der Waals surface area contributed by atoms with Crippen molar-refractivity contribution in [2.24, 2.45) is 5.73 Å². The van der Waals surface area contributed by atoms with Gasteiger partial charge in [-0.2, -0.15) is 0 Å². The van der Waals surface area contributed by atoms with Crippen molar-refractivity contribution in [1.82, 2.24) is 4.90 Å². The van der Waals surface area contributed by atoms with Crippen LogP contribution in [-0.2, 0) is 6.54 Å². The lowest BCUT2D eigenvalue weighted by atomic mass is 9.88. The van der Waals surface area contributed by atoms with E-state index in [0.717, 1.165) is 19.0 Å². The van der Waals surface area contributed by atoms with Gasteiger partial charge in [0.1, 0.15) is 0 Å². The van der Waals surface area contributed by atoms with Crippen LogP contribution in [-0.4, -0.2) is 24.0 Å². The normalized spacial score (nSPS) is 24.1. The highest BCUT2D eigenvalue weighted by Crippen LogP contribution is 2.36. The highest BCUT2D eigenvalue weighted by atomic mass is 35.5. The lowest BCUT2D eigenvalue weighted by Gasteiger charge is -2.20. The molecule has 3 rings (SSSR count). The number of likely N-dealkylation sites (tertiary alicyclic amines) is 1. The lowest BCUT2D eigenvalue weighted by Crippen LogP contribution is -2.25. The summed E-state index contributed by atoms with van der Waals surface area (Å²) in [6.45, 7) is 3.37. The van der Waals surface area contributed by atoms with Gasteiger partial charge in [-0.25, -0.2) is 0 Å². The van der Waals surface area contributed by atoms with Crippen LogP contribution in [0.1, 0.15) is 54.2 Å². The summed E-state index contributed by atoms with van der Waals surface area (Å²) in [6.07, 6.45) is 8.29. The van der Waals surface area contributed by atoms with Crippen molar-refractivity contribution in [3.8, 4) is 0 Å². The second-order valence-electron chi connectivity index (χ2n) is 5.92. The van der Waals surface area contributed by atoms with Gasteiger partial charge in [-0.1, -0.05) is 19.3 Å². The number of nitrogens with two attached hydrogens (primary N) is 1. The van der Waals surface area contributed by atoms with Crippen molar-refractivity contribution in [3.63, 3.8) is 0 Å². The van der Waals surface area contributed by atoms with Crippen LogP contribution in [0.3, 0.4) is 0 Å². The summed E-state index contributed by atoms with van der Waals surface area (Å²) >= 11 is 2.04. The Kier molecular flexibility index (Phi) is 7.84. The van der Waals surface area contributed by atoms with Gasteiger partial charge in [-0.05, 0) is 37.3 Å². The van der Waals surface area contributed by atoms with E-state index in [1.54, 1.807) is 4.88 Å². The van der Waals surface area contributed by atoms with Crippen LogP contribution in [0, 0.1) is 0 Å². The summed E-state index contributed by atoms with van der Waals surface area (Å²) in [5.41, 5.74) is 5.96. The third-order valence-electron chi connectivity index (χ3n) is 4.38. The molecule has 0 amide bonds. The Morgan fingerprint density at radius 1 is 1.10 bits per heavy atom. The van der Waals surface area contributed by atoms with E-state index < -0.39 is 0 Å². The zero-order valence-corrected chi connectivity index (χ0v) is 14.4. The molecule has 0 radical (unpaired) electrons. The summed E-state index contributed by atoms with van der Waals surface area (Å²) in [7, 11) is 0. The Bertz CT molecular complexity index is 391. The van der Waals surface area contributed by atoms with E-state index in [0.29, 0.717) is 6.04 Å². The Balaban J connectivity index is 0.000001000. The molecule has 2 nitrogen and oxygen atoms in total. The number of thiophene rings is 1. The zero-order valence-electron chi connectivity index (χ0n) is 11.9. The molecule has 2 N–H and O–H groups in total. The van der Waals surface area contributed by atoms with Crippen LogP contribution in [0.2, 0.25) is 0 Å². The van der Waals surface area contributed by atoms with E-state index in [4.69, 9.17) is 5.73 Å². The summed E-state index contributed by atoms with van der Waals surface area (Å²) in [5, 5.41) is 0. The first kappa shape index (κ1) is 18.2. The first-order valence-corrected chi connectivity index (χ1v) is 8.19. The largest absolute Gasteiger partial charge is 0.326 e. The molecule has 2 fully saturated rings. The second-order valence-corrected chi connectivity index (χ2v) is 7.12. The maximum Gasteiger partial charge on any atom is 0.0328 e. The van der Waals surface area contributed by atoms with Gasteiger partial charge >= 0.3 is 0 Å². The quantitative estimate of drug-likeness (QED) is 0.897. The molecule has 2 heterocycles. The molecule has 0 spiro atoms. The average Bonchev–Trinajstić information content (AvgIpc) is 3.01. The first-order valence-electron chi connectivity index (χ1n) is 7.38. The van der Waals surface area contributed by atoms with E-state index in [2.05, 4.69) is 17.0 Å². The SMILES string of the molecule is Cl.Cl.N[C@H]1CCN(Cc2ccc(C3CCCCC3)s2)C1. The minimum Gasteiger partial charge on any atom is -0.326 e. The molecule has 0 bridgehead atoms. The van der Waals surface area contributed by atoms with Gasteiger partial charge < -0.3 is 5.73 Å². The van der Waals surface area contributed by atoms with Crippen molar-refractivity contribution in [2.45, 2.75) is 57.0 Å². The van der Waals surface area contributed by atoms with Gasteiger partial charge in [0.05, 0.1) is 0 Å². The molecule has 1 saturated carbocycles. The number of halogens is 2. The van der Waals surface area contributed by atoms with E-state index in [1.165, 1.54) is 49.9 Å². The number of nitrogens with zero attached hydrogens (tertiary/aromatic N) is 1. The number of rotatable bonds is 3. The third-order valence-corrected chi connectivity index (χ3v) is 5.61. The standard InChI is InChI=1S/C15H24N2S.2ClH/c16-13-8-9-17(10-13)11-14-6-7-15(18-14)12-4-2-1-3-5-12;;/h6-7,12-13H,1-5,8-11,16H2;2*1H/t13-;;/m0../s1. The molecule has 1 saturated heterocycles. The Morgan fingerprint density at radius 3 is 2.50 bits per heavy atom. The van der Waals surface area contributed by atoms with Crippen LogP contribution in [0.5, 0.6) is 0 Å². The first-order chi connectivity index (χ1) is 8.81. The van der Waals surface area contributed by atoms with Gasteiger partial charge in [0.2, 0.25) is 0 Å². The Hall–Kier alpha value is 0.200. The average molecular weight is 337 g/mol. The molecule has 116 valence electrons. The molecule has 5 heteroatoms. The summed E-state index contributed by atoms with van der Waals surface area (Å²) in [4.78, 5) is 5.67. The van der Waals surface area contributed by atoms with E-state index >= 15 is 0 Å². The fraction of sp³-hybridized carbons (Fsp3) is 0.733. The molecule has 1 aromatic rings. The van der Waals surface area contributed by atoms with Crippen molar-refractivity contribution < 1.29 is 0 Å². The Morgan fingerprint density at radius 2 is 1.85 bits per heavy atom. The third kappa shape index (κ3) is 4.60. The monoisotopic (exact) mass is 336 g/mol. The topological polar surface area (TPSA) is 29.3 Å². The highest BCUT2D eigenvalue weighted by Gasteiger charge is 2.21. The molecule has 0 aromatic carbocycles. The van der Waals surface area contributed by atoms with Crippen LogP contribution in [0.15, 0.2) is 12.1 Å². The molecule has 1 atom stereocenters. The van der Waals surface area contributed by atoms with Crippen molar-refractivity contribution in [1.29, 1.82) is 0 Å². The summed E-state index contributed by atoms with van der Waals surface area (Å²) in [6, 6.07) is 5.13. The van der Waals surface area contributed by atoms with Crippen LogP contribution in [0.4, 0.5) is 0 Å². The van der Waals surface area contributed by atoms with Crippen molar-refractivity contribution in [2.75, 3.05) is 13.1 Å². The van der Waals surface area contributed by atoms with E-state index in [-0.39, 0.29) is 24.8 Å². The zero-order chi connectivity index (χ0) is 12.4. The number of hydrogen-bond donors (Lipinski definition) is 1. The highest BCUT2D eigenvalue weighted by molar-refractivity contribution is 7.12. The van der Waals surface area contributed by atoms with Crippen LogP contribution < -0.4 is 5.73 Å². The summed E-state index contributed by atoms with van der Waals surface area (Å²) in [5.74, 6) is 0.860. The van der Waals surface area contributed by atoms with Crippen molar-refractivity contribution in [3.05, 3.63) is 21.9 Å². The number of hydrogen-bond acceptors (Lipinski definition) is 3. The molecule has 0 unspecified atom stereocenters. The molecular formula is C15H26Cl2N2S. The fourth-order valence-electron chi connectivity index (χ4n) is 3.31. The molecule has 1 aromatic heterocycles. The smallest absolute Gasteiger partial charge is 0.0328 e. The van der Waals surface area contributed by atoms with Crippen LogP contribution >= 0.6 is 36.2 Å². The second kappa shape index (κ2) is 8.60. The van der Waals surface area contributed by atoms with Gasteiger partial charge in [-0.3, -0.25) is 4.90 Å². The predicted molar refractivity (Wildman–Crippen MR) is 92.5 cm³/mol. The van der Waals surface area contributed by atoms with Gasteiger partial charge in [-0.15, -0.1) is 36.2 Å². The van der Waals surface area contributed by atoms with Crippen LogP contribution in [0.25, 0.3) is 0 Å². The molecule has 2 aliphatic rings. The molecule has 20 heavy (non-hydrogen) atoms. The van der Waals surface area contributed by atoms with Gasteiger partial charge in [0.15, 0.2) is 0 Å². The lowest BCUT2D eigenvalue weighted by molar-refractivity contribution is 0.330. The molecule has 1 aliphatic carbocycles. The van der Waals surface area contributed by atoms with E-state index in [1.807, 2.05) is 11.3 Å². The van der Waals surface area contributed by atoms with E-state index in [9.17, 15) is 0 Å². The van der Waals surface area contributed by atoms with Crippen molar-refractivity contribution >= 4 is 36.2 Å².